The molecule has 1 aliphatic rings. The second kappa shape index (κ2) is 12.6. The van der Waals surface area contributed by atoms with Gasteiger partial charge in [-0.25, -0.2) is 19.2 Å². The van der Waals surface area contributed by atoms with Gasteiger partial charge in [0.25, 0.3) is 5.91 Å². The van der Waals surface area contributed by atoms with Crippen LogP contribution in [0, 0.1) is 11.8 Å². The zero-order chi connectivity index (χ0) is 28.9. The molecule has 4 heterocycles. The SMILES string of the molecule is CCOC1CCC(n2cc(NC(=O)c3csc(-c4cnn(OC(=O)CNC)c4)n3)c(-c3nc(F)ccc3F)n2)CC1. The normalized spacial score (nSPS) is 17.0. The van der Waals surface area contributed by atoms with Crippen LogP contribution in [0.4, 0.5) is 14.5 Å². The van der Waals surface area contributed by atoms with Gasteiger partial charge in [0, 0.05) is 18.2 Å². The van der Waals surface area contributed by atoms with Gasteiger partial charge in [-0.3, -0.25) is 9.48 Å². The van der Waals surface area contributed by atoms with Crippen molar-refractivity contribution in [2.75, 3.05) is 25.5 Å². The van der Waals surface area contributed by atoms with Gasteiger partial charge in [0.05, 0.1) is 42.3 Å². The Labute approximate surface area is 237 Å². The number of aromatic nitrogens is 6. The molecule has 0 bridgehead atoms. The van der Waals surface area contributed by atoms with E-state index in [1.54, 1.807) is 23.3 Å². The third-order valence-electron chi connectivity index (χ3n) is 6.50. The highest BCUT2D eigenvalue weighted by Crippen LogP contribution is 2.34. The summed E-state index contributed by atoms with van der Waals surface area (Å²) in [6.45, 7) is 2.62. The van der Waals surface area contributed by atoms with Crippen LogP contribution < -0.4 is 15.5 Å². The average molecular weight is 587 g/mol. The molecular formula is C26H28F2N8O4S. The van der Waals surface area contributed by atoms with Crippen molar-refractivity contribution < 1.29 is 27.9 Å². The molecule has 0 atom stereocenters. The van der Waals surface area contributed by atoms with Gasteiger partial charge < -0.3 is 20.2 Å². The van der Waals surface area contributed by atoms with Crippen molar-refractivity contribution >= 4 is 28.9 Å². The Morgan fingerprint density at radius 1 is 1.12 bits per heavy atom. The lowest BCUT2D eigenvalue weighted by atomic mass is 9.93. The predicted molar refractivity (Wildman–Crippen MR) is 145 cm³/mol. The first-order valence-corrected chi connectivity index (χ1v) is 13.9. The van der Waals surface area contributed by atoms with Crippen molar-refractivity contribution in [2.45, 2.75) is 44.8 Å². The first kappa shape index (κ1) is 28.4. The Balaban J connectivity index is 1.37. The Bertz CT molecular complexity index is 1530. The van der Waals surface area contributed by atoms with Crippen molar-refractivity contribution in [3.05, 3.63) is 53.6 Å². The van der Waals surface area contributed by atoms with E-state index in [1.165, 1.54) is 23.7 Å². The topological polar surface area (TPSA) is 138 Å². The number of anilines is 1. The number of halogens is 2. The number of nitrogens with zero attached hydrogens (tertiary/aromatic N) is 6. The zero-order valence-electron chi connectivity index (χ0n) is 22.3. The minimum atomic E-state index is -0.869. The fourth-order valence-corrected chi connectivity index (χ4v) is 5.36. The van der Waals surface area contributed by atoms with Gasteiger partial charge in [-0.2, -0.15) is 9.49 Å². The molecule has 0 spiro atoms. The minimum absolute atomic E-state index is 0.00246. The van der Waals surface area contributed by atoms with E-state index in [9.17, 15) is 18.4 Å². The number of rotatable bonds is 10. The summed E-state index contributed by atoms with van der Waals surface area (Å²) in [6.07, 6.45) is 7.96. The summed E-state index contributed by atoms with van der Waals surface area (Å²) in [6, 6.07) is 1.89. The Morgan fingerprint density at radius 2 is 1.93 bits per heavy atom. The third kappa shape index (κ3) is 6.64. The van der Waals surface area contributed by atoms with Crippen molar-refractivity contribution in [1.29, 1.82) is 0 Å². The van der Waals surface area contributed by atoms with E-state index in [1.807, 2.05) is 6.92 Å². The van der Waals surface area contributed by atoms with Crippen molar-refractivity contribution in [2.24, 2.45) is 0 Å². The van der Waals surface area contributed by atoms with Crippen molar-refractivity contribution in [3.63, 3.8) is 0 Å². The minimum Gasteiger partial charge on any atom is -0.379 e. The highest BCUT2D eigenvalue weighted by atomic mass is 32.1. The van der Waals surface area contributed by atoms with Crippen LogP contribution in [-0.2, 0) is 9.53 Å². The van der Waals surface area contributed by atoms with E-state index in [2.05, 4.69) is 30.8 Å². The number of amides is 1. The van der Waals surface area contributed by atoms with E-state index in [0.29, 0.717) is 17.2 Å². The summed E-state index contributed by atoms with van der Waals surface area (Å²) >= 11 is 1.19. The number of hydrogen-bond acceptors (Lipinski definition) is 10. The van der Waals surface area contributed by atoms with Gasteiger partial charge >= 0.3 is 5.97 Å². The molecule has 216 valence electrons. The standard InChI is InChI=1S/C26H28F2N8O4S/c1-3-39-17-6-4-16(5-7-17)35-13-19(24(34-35)23-18(27)8-9-21(28)33-23)31-25(38)20-14-41-26(32-20)15-10-30-36(12-15)40-22(37)11-29-2/h8-10,12-14,16-17,29H,3-7,11H2,1-2H3,(H,31,38). The molecule has 1 fully saturated rings. The van der Waals surface area contributed by atoms with Gasteiger partial charge in [0.1, 0.15) is 22.1 Å². The number of carbonyl (C=O) groups is 2. The quantitative estimate of drug-likeness (QED) is 0.268. The fraction of sp³-hybridized carbons (Fsp3) is 0.385. The van der Waals surface area contributed by atoms with Gasteiger partial charge in [-0.05, 0) is 51.8 Å². The molecule has 4 aromatic rings. The summed E-state index contributed by atoms with van der Waals surface area (Å²) in [4.78, 5) is 39.0. The summed E-state index contributed by atoms with van der Waals surface area (Å²) in [7, 11) is 1.62. The van der Waals surface area contributed by atoms with E-state index in [-0.39, 0.29) is 41.5 Å². The Kier molecular flexibility index (Phi) is 8.75. The number of thiazole rings is 1. The van der Waals surface area contributed by atoms with Crippen LogP contribution in [0.5, 0.6) is 0 Å². The molecule has 15 heteroatoms. The fourth-order valence-electron chi connectivity index (χ4n) is 4.58. The van der Waals surface area contributed by atoms with Crippen LogP contribution in [0.2, 0.25) is 0 Å². The maximum atomic E-state index is 14.7. The molecule has 0 aromatic carbocycles. The zero-order valence-corrected chi connectivity index (χ0v) is 23.2. The molecule has 5 rings (SSSR count). The number of hydrogen-bond donors (Lipinski definition) is 2. The van der Waals surface area contributed by atoms with Gasteiger partial charge in [-0.15, -0.1) is 16.4 Å². The highest BCUT2D eigenvalue weighted by Gasteiger charge is 2.27. The largest absolute Gasteiger partial charge is 0.379 e. The average Bonchev–Trinajstić information content (AvgIpc) is 3.71. The van der Waals surface area contributed by atoms with Gasteiger partial charge in [0.15, 0.2) is 5.82 Å². The van der Waals surface area contributed by atoms with Crippen molar-refractivity contribution in [1.82, 2.24) is 35.0 Å². The summed E-state index contributed by atoms with van der Waals surface area (Å²) in [5.74, 6) is -2.73. The molecule has 0 radical (unpaired) electrons. The smallest absolute Gasteiger partial charge is 0.348 e. The lowest BCUT2D eigenvalue weighted by Gasteiger charge is -2.28. The van der Waals surface area contributed by atoms with E-state index in [4.69, 9.17) is 9.57 Å². The van der Waals surface area contributed by atoms with E-state index >= 15 is 0 Å². The van der Waals surface area contributed by atoms with Crippen LogP contribution in [-0.4, -0.2) is 67.9 Å². The summed E-state index contributed by atoms with van der Waals surface area (Å²) < 4.78 is 36.1. The van der Waals surface area contributed by atoms with Crippen LogP contribution in [0.1, 0.15) is 49.1 Å². The number of pyridine rings is 1. The summed E-state index contributed by atoms with van der Waals surface area (Å²) in [5.41, 5.74) is 0.517. The molecule has 0 unspecified atom stereocenters. The second-order valence-electron chi connectivity index (χ2n) is 9.34. The Morgan fingerprint density at radius 3 is 2.68 bits per heavy atom. The van der Waals surface area contributed by atoms with E-state index in [0.717, 1.165) is 42.7 Å². The Hall–Kier alpha value is -4.08. The molecule has 1 amide bonds. The molecule has 0 aliphatic heterocycles. The number of nitrogens with one attached hydrogen (secondary N) is 2. The maximum absolute atomic E-state index is 14.7. The monoisotopic (exact) mass is 586 g/mol. The van der Waals surface area contributed by atoms with Crippen LogP contribution in [0.25, 0.3) is 22.0 Å². The number of ether oxygens (including phenoxy) is 1. The van der Waals surface area contributed by atoms with Crippen LogP contribution in [0.15, 0.2) is 36.1 Å². The first-order valence-electron chi connectivity index (χ1n) is 13.1. The predicted octanol–water partition coefficient (Wildman–Crippen LogP) is 3.49. The molecular weight excluding hydrogens is 558 g/mol. The molecule has 0 saturated heterocycles. The highest BCUT2D eigenvalue weighted by molar-refractivity contribution is 7.13. The second-order valence-corrected chi connectivity index (χ2v) is 10.2. The summed E-state index contributed by atoms with van der Waals surface area (Å²) in [5, 5.41) is 16.0. The number of carbonyl (C=O) groups excluding carboxylic acids is 2. The lowest BCUT2D eigenvalue weighted by molar-refractivity contribution is -0.144. The van der Waals surface area contributed by atoms with Crippen molar-refractivity contribution in [3.8, 4) is 22.0 Å². The molecule has 4 aromatic heterocycles. The molecule has 41 heavy (non-hydrogen) atoms. The van der Waals surface area contributed by atoms with Crippen LogP contribution in [0.3, 0.4) is 0 Å². The number of likely N-dealkylation sites (N-methyl/N-ethyl adjacent to an activating group) is 1. The molecule has 1 saturated carbocycles. The first-order chi connectivity index (χ1) is 19.8. The lowest BCUT2D eigenvalue weighted by Crippen LogP contribution is -2.29. The maximum Gasteiger partial charge on any atom is 0.348 e. The van der Waals surface area contributed by atoms with Gasteiger partial charge in [0.2, 0.25) is 5.95 Å². The molecule has 12 nitrogen and oxygen atoms in total. The molecule has 1 aliphatic carbocycles. The van der Waals surface area contributed by atoms with Gasteiger partial charge in [-0.1, -0.05) is 4.85 Å². The molecule has 2 N–H and O–H groups in total. The van der Waals surface area contributed by atoms with Crippen LogP contribution >= 0.6 is 11.3 Å². The third-order valence-corrected chi connectivity index (χ3v) is 7.39. The van der Waals surface area contributed by atoms with E-state index < -0.39 is 23.6 Å².